The second kappa shape index (κ2) is 15.2. The van der Waals surface area contributed by atoms with Crippen LogP contribution in [0.2, 0.25) is 0 Å². The number of urea groups is 1. The second-order valence-corrected chi connectivity index (χ2v) is 15.4. The minimum atomic E-state index is -4.72. The molecule has 14 nitrogen and oxygen atoms in total. The molecule has 3 aliphatic heterocycles. The van der Waals surface area contributed by atoms with Crippen LogP contribution in [-0.2, 0) is 11.0 Å². The van der Waals surface area contributed by atoms with Gasteiger partial charge in [0.1, 0.15) is 11.4 Å². The van der Waals surface area contributed by atoms with Gasteiger partial charge in [-0.1, -0.05) is 6.07 Å². The lowest BCUT2D eigenvalue weighted by molar-refractivity contribution is -0.141. The molecule has 0 bridgehead atoms. The number of rotatable bonds is 9. The van der Waals surface area contributed by atoms with Crippen LogP contribution in [0.25, 0.3) is 5.69 Å². The van der Waals surface area contributed by atoms with Gasteiger partial charge < -0.3 is 20.9 Å². The van der Waals surface area contributed by atoms with Gasteiger partial charge >= 0.3 is 12.2 Å². The van der Waals surface area contributed by atoms with Crippen molar-refractivity contribution in [2.24, 2.45) is 17.1 Å². The molecular weight excluding hydrogens is 742 g/mol. The third-order valence-electron chi connectivity index (χ3n) is 11.6. The van der Waals surface area contributed by atoms with Crippen molar-refractivity contribution < 1.29 is 32.3 Å². The smallest absolute Gasteiger partial charge is 0.370 e. The molecule has 4 aliphatic rings. The fourth-order valence-corrected chi connectivity index (χ4v) is 8.44. The van der Waals surface area contributed by atoms with E-state index in [1.54, 1.807) is 4.90 Å². The largest absolute Gasteiger partial charge is 0.433 e. The Kier molecular flexibility index (Phi) is 10.1. The van der Waals surface area contributed by atoms with Gasteiger partial charge in [-0.2, -0.15) is 18.3 Å². The van der Waals surface area contributed by atoms with Crippen molar-refractivity contribution in [1.29, 1.82) is 0 Å². The van der Waals surface area contributed by atoms with Gasteiger partial charge in [0.05, 0.1) is 17.6 Å². The molecule has 298 valence electrons. The number of alkyl halides is 3. The summed E-state index contributed by atoms with van der Waals surface area (Å²) in [6.45, 7) is 7.32. The van der Waals surface area contributed by atoms with Gasteiger partial charge in [0.2, 0.25) is 5.91 Å². The van der Waals surface area contributed by atoms with Crippen LogP contribution in [0.4, 0.5) is 40.7 Å². The Hall–Kier alpha value is -5.97. The number of halogens is 3. The van der Waals surface area contributed by atoms with Crippen molar-refractivity contribution in [2.75, 3.05) is 72.4 Å². The van der Waals surface area contributed by atoms with Crippen LogP contribution in [0.5, 0.6) is 0 Å². The highest BCUT2D eigenvalue weighted by Crippen LogP contribution is 2.47. The minimum Gasteiger partial charge on any atom is -0.370 e. The Labute approximate surface area is 326 Å². The summed E-state index contributed by atoms with van der Waals surface area (Å²) in [6, 6.07) is 18.3. The van der Waals surface area contributed by atoms with Crippen molar-refractivity contribution in [3.05, 3.63) is 90.0 Å². The monoisotopic (exact) mass is 784 g/mol. The average molecular weight is 785 g/mol. The maximum atomic E-state index is 13.1. The van der Waals surface area contributed by atoms with E-state index in [9.17, 15) is 32.3 Å². The Bertz CT molecular complexity index is 2150. The second-order valence-electron chi connectivity index (χ2n) is 15.4. The third-order valence-corrected chi connectivity index (χ3v) is 11.6. The van der Waals surface area contributed by atoms with E-state index in [2.05, 4.69) is 47.5 Å². The predicted octanol–water partition coefficient (Wildman–Crippen LogP) is 4.90. The normalized spacial score (nSPS) is 19.0. The standard InChI is InChI=1S/C40H43F3N10O4/c41-40(42,43)33-3-1-2-31(45-33)37(56)46-32-23-53(48-35(32)36(44)55)30-10-6-27(7-11-30)50-20-18-49(19-21-50)22-26-12-15-39(16-13-26)24-51(25-39)28-4-8-29(9-5-28)52-17-14-34(54)47-38(52)57/h1-11,23,26H,12-22,24-25H2,(H2,44,55)(H,46,56)(H,47,54,57). The minimum absolute atomic E-state index is 0.0519. The molecule has 3 saturated heterocycles. The Balaban J connectivity index is 0.792. The summed E-state index contributed by atoms with van der Waals surface area (Å²) in [5.41, 5.74) is 7.52. The first-order chi connectivity index (χ1) is 27.3. The van der Waals surface area contributed by atoms with Gasteiger partial charge in [0, 0.05) is 81.3 Å². The molecule has 4 N–H and O–H groups in total. The lowest BCUT2D eigenvalue weighted by Gasteiger charge is -2.55. The van der Waals surface area contributed by atoms with E-state index in [0.29, 0.717) is 30.0 Å². The molecular formula is C40H43F3N10O4. The van der Waals surface area contributed by atoms with E-state index < -0.39 is 29.4 Å². The van der Waals surface area contributed by atoms with Gasteiger partial charge in [-0.15, -0.1) is 0 Å². The summed E-state index contributed by atoms with van der Waals surface area (Å²) in [5, 5.41) is 9.03. The number of primary amides is 1. The van der Waals surface area contributed by atoms with Crippen molar-refractivity contribution in [3.63, 3.8) is 0 Å². The number of benzene rings is 2. The number of imide groups is 1. The molecule has 0 unspecified atom stereocenters. The number of amides is 5. The van der Waals surface area contributed by atoms with Gasteiger partial charge in [0.15, 0.2) is 5.69 Å². The summed E-state index contributed by atoms with van der Waals surface area (Å²) in [4.78, 5) is 60.9. The first-order valence-electron chi connectivity index (χ1n) is 19.1. The van der Waals surface area contributed by atoms with Gasteiger partial charge in [-0.3, -0.25) is 29.5 Å². The fraction of sp³-hybridized carbons (Fsp3) is 0.400. The van der Waals surface area contributed by atoms with E-state index in [0.717, 1.165) is 75.4 Å². The molecule has 1 saturated carbocycles. The zero-order chi connectivity index (χ0) is 39.9. The highest BCUT2D eigenvalue weighted by molar-refractivity contribution is 6.07. The zero-order valence-electron chi connectivity index (χ0n) is 31.2. The Morgan fingerprint density at radius 3 is 2.11 bits per heavy atom. The van der Waals surface area contributed by atoms with Crippen LogP contribution >= 0.6 is 0 Å². The van der Waals surface area contributed by atoms with Crippen LogP contribution in [0, 0.1) is 11.3 Å². The third kappa shape index (κ3) is 8.15. The molecule has 5 amide bonds. The average Bonchev–Trinajstić information content (AvgIpc) is 3.62. The highest BCUT2D eigenvalue weighted by atomic mass is 19.4. The van der Waals surface area contributed by atoms with E-state index in [1.165, 1.54) is 42.2 Å². The van der Waals surface area contributed by atoms with Crippen LogP contribution in [0.3, 0.4) is 0 Å². The number of carbonyl (C=O) groups excluding carboxylic acids is 4. The van der Waals surface area contributed by atoms with E-state index in [-0.39, 0.29) is 23.3 Å². The molecule has 0 radical (unpaired) electrons. The first-order valence-corrected chi connectivity index (χ1v) is 19.1. The number of pyridine rings is 1. The van der Waals surface area contributed by atoms with Crippen LogP contribution in [-0.4, -0.2) is 95.8 Å². The summed E-state index contributed by atoms with van der Waals surface area (Å²) in [6.07, 6.45) is 1.90. The summed E-state index contributed by atoms with van der Waals surface area (Å²) in [7, 11) is 0. The maximum absolute atomic E-state index is 13.1. The maximum Gasteiger partial charge on any atom is 0.433 e. The number of aromatic nitrogens is 3. The molecule has 1 aliphatic carbocycles. The molecule has 8 rings (SSSR count). The molecule has 2 aromatic carbocycles. The predicted molar refractivity (Wildman–Crippen MR) is 206 cm³/mol. The van der Waals surface area contributed by atoms with Gasteiger partial charge in [0.25, 0.3) is 11.8 Å². The first kappa shape index (κ1) is 37.9. The number of nitrogens with one attached hydrogen (secondary N) is 2. The molecule has 5 heterocycles. The van der Waals surface area contributed by atoms with Crippen LogP contribution in [0.1, 0.15) is 58.8 Å². The van der Waals surface area contributed by atoms with E-state index in [1.807, 2.05) is 36.4 Å². The van der Waals surface area contributed by atoms with Crippen LogP contribution in [0.15, 0.2) is 72.9 Å². The highest BCUT2D eigenvalue weighted by Gasteiger charge is 2.45. The Morgan fingerprint density at radius 1 is 0.842 bits per heavy atom. The van der Waals surface area contributed by atoms with Crippen LogP contribution < -0.4 is 31.1 Å². The number of nitrogens with two attached hydrogens (primary N) is 1. The lowest BCUT2D eigenvalue weighted by Crippen LogP contribution is -2.58. The molecule has 17 heteroatoms. The topological polar surface area (TPSA) is 162 Å². The van der Waals surface area contributed by atoms with E-state index >= 15 is 0 Å². The van der Waals surface area contributed by atoms with Crippen molar-refractivity contribution in [3.8, 4) is 5.69 Å². The number of hydrogen-bond donors (Lipinski definition) is 3. The Morgan fingerprint density at radius 2 is 1.47 bits per heavy atom. The summed E-state index contributed by atoms with van der Waals surface area (Å²) in [5.74, 6) is -1.40. The number of hydrogen-bond acceptors (Lipinski definition) is 9. The number of anilines is 4. The van der Waals surface area contributed by atoms with Gasteiger partial charge in [-0.25, -0.2) is 14.5 Å². The van der Waals surface area contributed by atoms with Gasteiger partial charge in [-0.05, 0) is 92.3 Å². The molecule has 0 atom stereocenters. The molecule has 2 aromatic heterocycles. The lowest BCUT2D eigenvalue weighted by atomic mass is 9.65. The molecule has 4 aromatic rings. The molecule has 4 fully saturated rings. The summed E-state index contributed by atoms with van der Waals surface area (Å²) >= 11 is 0. The van der Waals surface area contributed by atoms with Crippen molar-refractivity contribution >= 4 is 46.5 Å². The summed E-state index contributed by atoms with van der Waals surface area (Å²) < 4.78 is 40.7. The fourth-order valence-electron chi connectivity index (χ4n) is 8.44. The van der Waals surface area contributed by atoms with Crippen molar-refractivity contribution in [1.82, 2.24) is 25.0 Å². The molecule has 1 spiro atoms. The number of nitrogens with zero attached hydrogens (tertiary/aromatic N) is 7. The SMILES string of the molecule is NC(=O)c1nn(-c2ccc(N3CCN(CC4CCC5(CC4)CN(c4ccc(N6CCC(=O)NC6=O)cc4)C5)CC3)cc2)cc1NC(=O)c1cccc(C(F)(F)F)n1. The van der Waals surface area contributed by atoms with E-state index in [4.69, 9.17) is 5.73 Å². The van der Waals surface area contributed by atoms with Crippen molar-refractivity contribution in [2.45, 2.75) is 38.3 Å². The molecule has 57 heavy (non-hydrogen) atoms. The zero-order valence-corrected chi connectivity index (χ0v) is 31.2. The number of carbonyl (C=O) groups is 4. The number of piperazine rings is 1. The quantitative estimate of drug-likeness (QED) is 0.214.